The maximum absolute atomic E-state index is 12.0. The molecule has 1 aromatic carbocycles. The Bertz CT molecular complexity index is 644. The van der Waals surface area contributed by atoms with Gasteiger partial charge in [0.2, 0.25) is 0 Å². The predicted octanol–water partition coefficient (Wildman–Crippen LogP) is 3.52. The number of anilines is 2. The first-order chi connectivity index (χ1) is 13.6. The molecule has 7 nitrogen and oxygen atoms in total. The van der Waals surface area contributed by atoms with Crippen LogP contribution >= 0.6 is 0 Å². The Labute approximate surface area is 166 Å². The average Bonchev–Trinajstić information content (AvgIpc) is 3.23. The van der Waals surface area contributed by atoms with Gasteiger partial charge in [0.05, 0.1) is 12.7 Å². The Balaban J connectivity index is 1.34. The summed E-state index contributed by atoms with van der Waals surface area (Å²) in [6.45, 7) is 3.87. The standard InChI is InChI=1S/C21H31N3O4/c1-15-5-2-3-6-18(15)28-14-12-22-21(26)24-17-10-8-16(9-11-17)23-20(25)19-7-4-13-27-19/h8-11,15,18-19H,2-7,12-14H2,1H3,(H,23,25)(H2,22,24,26)/t15-,18-,19+/m1/s1. The van der Waals surface area contributed by atoms with E-state index in [0.29, 0.717) is 43.2 Å². The Kier molecular flexibility index (Phi) is 7.68. The summed E-state index contributed by atoms with van der Waals surface area (Å²) in [5.74, 6) is 0.477. The van der Waals surface area contributed by atoms with Gasteiger partial charge in [-0.3, -0.25) is 4.79 Å². The molecule has 1 aromatic rings. The molecule has 0 spiro atoms. The van der Waals surface area contributed by atoms with Gasteiger partial charge in [-0.1, -0.05) is 19.8 Å². The lowest BCUT2D eigenvalue weighted by molar-refractivity contribution is -0.124. The Morgan fingerprint density at radius 2 is 1.75 bits per heavy atom. The van der Waals surface area contributed by atoms with E-state index in [1.165, 1.54) is 19.3 Å². The van der Waals surface area contributed by atoms with Gasteiger partial charge in [-0.05, 0) is 55.9 Å². The van der Waals surface area contributed by atoms with Gasteiger partial charge < -0.3 is 25.4 Å². The second-order valence-corrected chi connectivity index (χ2v) is 7.62. The van der Waals surface area contributed by atoms with Crippen molar-refractivity contribution in [3.05, 3.63) is 24.3 Å². The van der Waals surface area contributed by atoms with Crippen molar-refractivity contribution in [2.24, 2.45) is 5.92 Å². The van der Waals surface area contributed by atoms with Crippen molar-refractivity contribution in [2.75, 3.05) is 30.4 Å². The van der Waals surface area contributed by atoms with Crippen molar-refractivity contribution in [1.29, 1.82) is 0 Å². The Hall–Kier alpha value is -2.12. The van der Waals surface area contributed by atoms with Crippen molar-refractivity contribution in [3.63, 3.8) is 0 Å². The number of rotatable bonds is 7. The molecule has 0 bridgehead atoms. The third-order valence-corrected chi connectivity index (χ3v) is 5.38. The molecule has 154 valence electrons. The van der Waals surface area contributed by atoms with Gasteiger partial charge in [0.15, 0.2) is 0 Å². The Morgan fingerprint density at radius 1 is 1.04 bits per heavy atom. The molecule has 3 amide bonds. The molecule has 1 saturated heterocycles. The topological polar surface area (TPSA) is 88.7 Å². The summed E-state index contributed by atoms with van der Waals surface area (Å²) in [5.41, 5.74) is 1.34. The third-order valence-electron chi connectivity index (χ3n) is 5.38. The van der Waals surface area contributed by atoms with Crippen molar-refractivity contribution in [2.45, 2.75) is 57.7 Å². The van der Waals surface area contributed by atoms with Crippen LogP contribution in [0.2, 0.25) is 0 Å². The number of urea groups is 1. The first-order valence-electron chi connectivity index (χ1n) is 10.3. The highest BCUT2D eigenvalue weighted by Crippen LogP contribution is 2.26. The van der Waals surface area contributed by atoms with Gasteiger partial charge in [0.25, 0.3) is 5.91 Å². The SMILES string of the molecule is C[C@@H]1CCCC[C@H]1OCCNC(=O)Nc1ccc(NC(=O)[C@@H]2CCCO2)cc1. The van der Waals surface area contributed by atoms with Gasteiger partial charge >= 0.3 is 6.03 Å². The first kappa shape index (κ1) is 20.6. The zero-order valence-corrected chi connectivity index (χ0v) is 16.5. The molecule has 0 radical (unpaired) electrons. The maximum atomic E-state index is 12.0. The molecule has 3 N–H and O–H groups in total. The first-order valence-corrected chi connectivity index (χ1v) is 10.3. The lowest BCUT2D eigenvalue weighted by Gasteiger charge is -2.28. The normalized spacial score (nSPS) is 24.5. The Morgan fingerprint density at radius 3 is 2.43 bits per heavy atom. The van der Waals surface area contributed by atoms with E-state index in [1.54, 1.807) is 24.3 Å². The number of amides is 3. The molecule has 1 aliphatic heterocycles. The number of benzene rings is 1. The van der Waals surface area contributed by atoms with Crippen LogP contribution in [0.3, 0.4) is 0 Å². The third kappa shape index (κ3) is 6.21. The van der Waals surface area contributed by atoms with E-state index in [4.69, 9.17) is 9.47 Å². The smallest absolute Gasteiger partial charge is 0.319 e. The van der Waals surface area contributed by atoms with E-state index in [-0.39, 0.29) is 18.0 Å². The highest BCUT2D eigenvalue weighted by Gasteiger charge is 2.23. The zero-order chi connectivity index (χ0) is 19.8. The number of hydrogen-bond acceptors (Lipinski definition) is 4. The summed E-state index contributed by atoms with van der Waals surface area (Å²) in [7, 11) is 0. The van der Waals surface area contributed by atoms with E-state index in [0.717, 1.165) is 19.3 Å². The molecule has 28 heavy (non-hydrogen) atoms. The number of ether oxygens (including phenoxy) is 2. The van der Waals surface area contributed by atoms with Crippen LogP contribution in [-0.4, -0.2) is 43.9 Å². The van der Waals surface area contributed by atoms with E-state index in [9.17, 15) is 9.59 Å². The molecule has 3 rings (SSSR count). The molecular formula is C21H31N3O4. The summed E-state index contributed by atoms with van der Waals surface area (Å²) in [5, 5.41) is 8.42. The van der Waals surface area contributed by atoms with Crippen molar-refractivity contribution >= 4 is 23.3 Å². The van der Waals surface area contributed by atoms with E-state index in [2.05, 4.69) is 22.9 Å². The lowest BCUT2D eigenvalue weighted by Crippen LogP contribution is -2.34. The van der Waals surface area contributed by atoms with Crippen LogP contribution in [0.25, 0.3) is 0 Å². The van der Waals surface area contributed by atoms with Gasteiger partial charge in [0.1, 0.15) is 6.10 Å². The van der Waals surface area contributed by atoms with Gasteiger partial charge in [-0.25, -0.2) is 4.79 Å². The van der Waals surface area contributed by atoms with Crippen LogP contribution in [0.5, 0.6) is 0 Å². The summed E-state index contributed by atoms with van der Waals surface area (Å²) < 4.78 is 11.3. The van der Waals surface area contributed by atoms with Crippen LogP contribution in [0.15, 0.2) is 24.3 Å². The van der Waals surface area contributed by atoms with E-state index >= 15 is 0 Å². The molecule has 3 atom stereocenters. The fourth-order valence-corrected chi connectivity index (χ4v) is 3.72. The maximum Gasteiger partial charge on any atom is 0.319 e. The molecule has 1 heterocycles. The average molecular weight is 389 g/mol. The molecule has 0 unspecified atom stereocenters. The van der Waals surface area contributed by atoms with Crippen molar-refractivity contribution < 1.29 is 19.1 Å². The fourth-order valence-electron chi connectivity index (χ4n) is 3.72. The quantitative estimate of drug-likeness (QED) is 0.623. The van der Waals surface area contributed by atoms with Crippen LogP contribution in [-0.2, 0) is 14.3 Å². The lowest BCUT2D eigenvalue weighted by atomic mass is 9.88. The van der Waals surface area contributed by atoms with Crippen LogP contribution in [0, 0.1) is 5.92 Å². The highest BCUT2D eigenvalue weighted by molar-refractivity contribution is 5.95. The summed E-state index contributed by atoms with van der Waals surface area (Å²) in [6.07, 6.45) is 6.49. The van der Waals surface area contributed by atoms with Crippen LogP contribution in [0.1, 0.15) is 45.4 Å². The van der Waals surface area contributed by atoms with Crippen LogP contribution < -0.4 is 16.0 Å². The van der Waals surface area contributed by atoms with Crippen LogP contribution in [0.4, 0.5) is 16.2 Å². The van der Waals surface area contributed by atoms with Crippen molar-refractivity contribution in [1.82, 2.24) is 5.32 Å². The molecule has 2 fully saturated rings. The minimum Gasteiger partial charge on any atom is -0.376 e. The van der Waals surface area contributed by atoms with Gasteiger partial charge in [-0.15, -0.1) is 0 Å². The molecule has 1 aliphatic carbocycles. The molecule has 0 aromatic heterocycles. The number of nitrogens with one attached hydrogen (secondary N) is 3. The van der Waals surface area contributed by atoms with E-state index < -0.39 is 0 Å². The summed E-state index contributed by atoms with van der Waals surface area (Å²) in [6, 6.07) is 6.76. The number of carbonyl (C=O) groups is 2. The fraction of sp³-hybridized carbons (Fsp3) is 0.619. The largest absolute Gasteiger partial charge is 0.376 e. The summed E-state index contributed by atoms with van der Waals surface area (Å²) in [4.78, 5) is 24.0. The van der Waals surface area contributed by atoms with Crippen molar-refractivity contribution in [3.8, 4) is 0 Å². The molecule has 1 saturated carbocycles. The predicted molar refractivity (Wildman–Crippen MR) is 108 cm³/mol. The molecule has 7 heteroatoms. The second-order valence-electron chi connectivity index (χ2n) is 7.62. The monoisotopic (exact) mass is 389 g/mol. The van der Waals surface area contributed by atoms with Gasteiger partial charge in [0, 0.05) is 24.5 Å². The zero-order valence-electron chi connectivity index (χ0n) is 16.5. The number of hydrogen-bond donors (Lipinski definition) is 3. The highest BCUT2D eigenvalue weighted by atomic mass is 16.5. The minimum atomic E-state index is -0.359. The minimum absolute atomic E-state index is 0.122. The summed E-state index contributed by atoms with van der Waals surface area (Å²) >= 11 is 0. The number of carbonyl (C=O) groups excluding carboxylic acids is 2. The van der Waals surface area contributed by atoms with Gasteiger partial charge in [-0.2, -0.15) is 0 Å². The van der Waals surface area contributed by atoms with E-state index in [1.807, 2.05) is 0 Å². The molecule has 2 aliphatic rings. The molecular weight excluding hydrogens is 358 g/mol. The second kappa shape index (κ2) is 10.4.